The second-order valence-electron chi connectivity index (χ2n) is 7.57. The van der Waals surface area contributed by atoms with E-state index in [0.717, 1.165) is 5.03 Å². The highest BCUT2D eigenvalue weighted by Gasteiger charge is 2.27. The van der Waals surface area contributed by atoms with E-state index in [1.807, 2.05) is 18.2 Å². The molecule has 0 radical (unpaired) electrons. The van der Waals surface area contributed by atoms with Crippen molar-refractivity contribution >= 4 is 45.2 Å². The molecule has 2 amide bonds. The summed E-state index contributed by atoms with van der Waals surface area (Å²) in [6.45, 7) is 3.80. The Kier molecular flexibility index (Phi) is 10.8. The van der Waals surface area contributed by atoms with Gasteiger partial charge in [-0.3, -0.25) is 9.59 Å². The van der Waals surface area contributed by atoms with Crippen LogP contribution < -0.4 is 5.32 Å². The second-order valence-corrected chi connectivity index (χ2v) is 10.0. The number of hydrogen-bond acceptors (Lipinski definition) is 7. The topological polar surface area (TPSA) is 117 Å². The fraction of sp³-hybridized carbons (Fsp3) is 0.500. The van der Waals surface area contributed by atoms with Gasteiger partial charge in [-0.25, -0.2) is 9.78 Å². The van der Waals surface area contributed by atoms with Crippen molar-refractivity contribution in [3.05, 3.63) is 35.5 Å². The van der Waals surface area contributed by atoms with Crippen LogP contribution >= 0.6 is 21.6 Å². The zero-order valence-electron chi connectivity index (χ0n) is 18.3. The Hall–Kier alpha value is -2.33. The molecule has 1 saturated heterocycles. The van der Waals surface area contributed by atoms with Crippen molar-refractivity contribution in [2.24, 2.45) is 0 Å². The van der Waals surface area contributed by atoms with E-state index in [-0.39, 0.29) is 47.6 Å². The molecule has 2 heterocycles. The summed E-state index contributed by atoms with van der Waals surface area (Å²) in [5.41, 5.74) is 0.158. The number of hydrogen-bond donors (Lipinski definition) is 2. The van der Waals surface area contributed by atoms with Crippen molar-refractivity contribution in [2.45, 2.75) is 57.0 Å². The molecule has 1 aromatic rings. The molecule has 0 aromatic carbocycles. The molecular formula is C22H29N3O5S2. The number of Topliss-reactive ketones (excluding diaryl/α,β-unsaturated/α-hetero) is 1. The number of nitrogens with zero attached hydrogens (tertiary/aromatic N) is 2. The van der Waals surface area contributed by atoms with E-state index in [9.17, 15) is 24.3 Å². The number of carboxylic acid groups (broad SMARTS) is 1. The number of rotatable bonds is 11. The minimum absolute atomic E-state index is 0.000867. The first kappa shape index (κ1) is 25.9. The van der Waals surface area contributed by atoms with Crippen LogP contribution in [0.5, 0.6) is 0 Å². The SMILES string of the molecule is CC(=O)CC/C(C(=O)O)=C(\C)C(=O)N1CCC(NC(=O)CCSSc2ccccn2)CC1. The number of likely N-dealkylation sites (tertiary alicyclic amines) is 1. The van der Waals surface area contributed by atoms with Crippen molar-refractivity contribution in [3.63, 3.8) is 0 Å². The average Bonchev–Trinajstić information content (AvgIpc) is 2.77. The summed E-state index contributed by atoms with van der Waals surface area (Å²) < 4.78 is 0. The maximum Gasteiger partial charge on any atom is 0.332 e. The third-order valence-corrected chi connectivity index (χ3v) is 7.37. The Bertz CT molecular complexity index is 852. The maximum atomic E-state index is 12.7. The zero-order valence-corrected chi connectivity index (χ0v) is 20.0. The van der Waals surface area contributed by atoms with Crippen LogP contribution in [0.25, 0.3) is 0 Å². The van der Waals surface area contributed by atoms with Crippen LogP contribution in [0.3, 0.4) is 0 Å². The first-order valence-electron chi connectivity index (χ1n) is 10.5. The van der Waals surface area contributed by atoms with Gasteiger partial charge in [0.25, 0.3) is 0 Å². The van der Waals surface area contributed by atoms with E-state index in [2.05, 4.69) is 10.3 Å². The Balaban J connectivity index is 1.75. The summed E-state index contributed by atoms with van der Waals surface area (Å²) in [6, 6.07) is 5.71. The molecule has 0 bridgehead atoms. The smallest absolute Gasteiger partial charge is 0.332 e. The first-order valence-corrected chi connectivity index (χ1v) is 12.8. The monoisotopic (exact) mass is 479 g/mol. The van der Waals surface area contributed by atoms with Gasteiger partial charge in [-0.05, 0) is 56.0 Å². The Morgan fingerprint density at radius 1 is 1.12 bits per heavy atom. The van der Waals surface area contributed by atoms with Crippen LogP contribution in [0.4, 0.5) is 0 Å². The lowest BCUT2D eigenvalue weighted by Gasteiger charge is -2.33. The van der Waals surface area contributed by atoms with Crippen LogP contribution in [0.1, 0.15) is 46.0 Å². The number of carbonyl (C=O) groups excluding carboxylic acids is 3. The summed E-state index contributed by atoms with van der Waals surface area (Å²) in [5, 5.41) is 13.3. The van der Waals surface area contributed by atoms with Gasteiger partial charge in [0.1, 0.15) is 10.8 Å². The van der Waals surface area contributed by atoms with Gasteiger partial charge in [0.2, 0.25) is 11.8 Å². The summed E-state index contributed by atoms with van der Waals surface area (Å²) in [4.78, 5) is 53.5. The third kappa shape index (κ3) is 8.66. The molecule has 1 aromatic heterocycles. The largest absolute Gasteiger partial charge is 0.478 e. The molecule has 8 nitrogen and oxygen atoms in total. The molecular weight excluding hydrogens is 450 g/mol. The molecule has 0 atom stereocenters. The minimum atomic E-state index is -1.17. The molecule has 174 valence electrons. The highest BCUT2D eigenvalue weighted by Crippen LogP contribution is 2.29. The van der Waals surface area contributed by atoms with Gasteiger partial charge in [-0.1, -0.05) is 16.9 Å². The molecule has 0 aliphatic carbocycles. The molecule has 1 aliphatic heterocycles. The van der Waals surface area contributed by atoms with Crippen molar-refractivity contribution in [2.75, 3.05) is 18.8 Å². The number of nitrogens with one attached hydrogen (secondary N) is 1. The molecule has 32 heavy (non-hydrogen) atoms. The minimum Gasteiger partial charge on any atom is -0.478 e. The number of carboxylic acids is 1. The maximum absolute atomic E-state index is 12.7. The summed E-state index contributed by atoms with van der Waals surface area (Å²) >= 11 is 0. The van der Waals surface area contributed by atoms with Crippen LogP contribution in [0, 0.1) is 0 Å². The van der Waals surface area contributed by atoms with Gasteiger partial charge in [-0.2, -0.15) is 0 Å². The number of piperidine rings is 1. The van der Waals surface area contributed by atoms with Crippen molar-refractivity contribution in [1.82, 2.24) is 15.2 Å². The zero-order chi connectivity index (χ0) is 23.5. The number of aromatic nitrogens is 1. The van der Waals surface area contributed by atoms with Crippen LogP contribution in [-0.4, -0.2) is 63.4 Å². The highest BCUT2D eigenvalue weighted by atomic mass is 33.1. The molecule has 2 N–H and O–H groups in total. The van der Waals surface area contributed by atoms with E-state index in [0.29, 0.717) is 38.1 Å². The number of aliphatic carboxylic acids is 1. The van der Waals surface area contributed by atoms with E-state index >= 15 is 0 Å². The molecule has 0 unspecified atom stereocenters. The van der Waals surface area contributed by atoms with Crippen molar-refractivity contribution in [3.8, 4) is 0 Å². The van der Waals surface area contributed by atoms with Gasteiger partial charge in [0.15, 0.2) is 0 Å². The lowest BCUT2D eigenvalue weighted by atomic mass is 10.00. The normalized spacial score (nSPS) is 15.1. The van der Waals surface area contributed by atoms with Gasteiger partial charge in [-0.15, -0.1) is 0 Å². The summed E-state index contributed by atoms with van der Waals surface area (Å²) in [7, 11) is 3.12. The van der Waals surface area contributed by atoms with E-state index in [1.54, 1.807) is 32.7 Å². The third-order valence-electron chi connectivity index (χ3n) is 5.10. The van der Waals surface area contributed by atoms with Crippen LogP contribution in [0.2, 0.25) is 0 Å². The predicted molar refractivity (Wildman–Crippen MR) is 125 cm³/mol. The Morgan fingerprint density at radius 3 is 2.44 bits per heavy atom. The first-order chi connectivity index (χ1) is 15.3. The molecule has 0 spiro atoms. The van der Waals surface area contributed by atoms with Crippen molar-refractivity contribution < 1.29 is 24.3 Å². The molecule has 1 aliphatic rings. The van der Waals surface area contributed by atoms with Crippen LogP contribution in [-0.2, 0) is 19.2 Å². The van der Waals surface area contributed by atoms with Gasteiger partial charge < -0.3 is 20.1 Å². The number of amides is 2. The lowest BCUT2D eigenvalue weighted by molar-refractivity contribution is -0.134. The quantitative estimate of drug-likeness (QED) is 0.283. The number of pyridine rings is 1. The summed E-state index contributed by atoms with van der Waals surface area (Å²) in [6.07, 6.45) is 3.53. The number of ketones is 1. The van der Waals surface area contributed by atoms with Gasteiger partial charge in [0.05, 0.1) is 0 Å². The standard InChI is InChI=1S/C22H29N3O5S2/c1-15(26)6-7-18(22(29)30)16(2)21(28)25-12-8-17(9-13-25)24-19(27)10-14-31-32-20-5-3-4-11-23-20/h3-5,11,17H,6-10,12-14H2,1-2H3,(H,24,27)(H,29,30)/b18-16-. The molecule has 10 heteroatoms. The predicted octanol–water partition coefficient (Wildman–Crippen LogP) is 3.09. The van der Waals surface area contributed by atoms with Crippen molar-refractivity contribution in [1.29, 1.82) is 0 Å². The van der Waals surface area contributed by atoms with E-state index < -0.39 is 5.97 Å². The molecule has 1 fully saturated rings. The van der Waals surface area contributed by atoms with E-state index in [4.69, 9.17) is 0 Å². The highest BCUT2D eigenvalue weighted by molar-refractivity contribution is 8.76. The Morgan fingerprint density at radius 2 is 1.84 bits per heavy atom. The molecule has 0 saturated carbocycles. The lowest BCUT2D eigenvalue weighted by Crippen LogP contribution is -2.47. The number of carbonyl (C=O) groups is 4. The fourth-order valence-corrected chi connectivity index (χ4v) is 5.15. The van der Waals surface area contributed by atoms with Gasteiger partial charge in [0, 0.05) is 55.1 Å². The van der Waals surface area contributed by atoms with E-state index in [1.165, 1.54) is 13.8 Å². The second kappa shape index (κ2) is 13.3. The van der Waals surface area contributed by atoms with Gasteiger partial charge >= 0.3 is 5.97 Å². The molecule has 2 rings (SSSR count). The van der Waals surface area contributed by atoms with Crippen LogP contribution in [0.15, 0.2) is 40.6 Å². The Labute approximate surface area is 196 Å². The summed E-state index contributed by atoms with van der Waals surface area (Å²) in [5.74, 6) is -0.948. The average molecular weight is 480 g/mol. The fourth-order valence-electron chi connectivity index (χ4n) is 3.28.